The van der Waals surface area contributed by atoms with E-state index >= 15 is 0 Å². The molecule has 0 bridgehead atoms. The van der Waals surface area contributed by atoms with Crippen LogP contribution in [0.3, 0.4) is 0 Å². The van der Waals surface area contributed by atoms with Gasteiger partial charge in [-0.25, -0.2) is 9.78 Å². The van der Waals surface area contributed by atoms with Gasteiger partial charge in [0.25, 0.3) is 0 Å². The summed E-state index contributed by atoms with van der Waals surface area (Å²) < 4.78 is 5.17. The number of H-pyrrole nitrogens is 1. The monoisotopic (exact) mass is 344 g/mol. The fourth-order valence-corrected chi connectivity index (χ4v) is 3.31. The molecule has 130 valence electrons. The average Bonchev–Trinajstić information content (AvgIpc) is 3.06. The first-order chi connectivity index (χ1) is 12.8. The number of rotatable bonds is 5. The Kier molecular flexibility index (Phi) is 4.40. The van der Waals surface area contributed by atoms with E-state index in [4.69, 9.17) is 4.74 Å². The van der Waals surface area contributed by atoms with Gasteiger partial charge in [0.05, 0.1) is 17.8 Å². The number of benzene rings is 2. The SMILES string of the molecule is CCOC(=O)c1cc2c([nH]c3ccccc32)c(CCc2ccccc2)n1. The van der Waals surface area contributed by atoms with Crippen LogP contribution in [-0.4, -0.2) is 22.5 Å². The molecule has 0 saturated carbocycles. The van der Waals surface area contributed by atoms with Gasteiger partial charge in [0.2, 0.25) is 0 Å². The van der Waals surface area contributed by atoms with Crippen LogP contribution in [0.15, 0.2) is 60.7 Å². The Morgan fingerprint density at radius 3 is 2.58 bits per heavy atom. The molecular formula is C22H20N2O2. The van der Waals surface area contributed by atoms with Gasteiger partial charge >= 0.3 is 5.97 Å². The molecule has 0 amide bonds. The van der Waals surface area contributed by atoms with Crippen molar-refractivity contribution in [2.45, 2.75) is 19.8 Å². The van der Waals surface area contributed by atoms with Gasteiger partial charge in [-0.2, -0.15) is 0 Å². The van der Waals surface area contributed by atoms with Gasteiger partial charge in [0.15, 0.2) is 0 Å². The minimum absolute atomic E-state index is 0.339. The number of aromatic nitrogens is 2. The molecule has 0 fully saturated rings. The molecule has 4 rings (SSSR count). The third kappa shape index (κ3) is 3.06. The molecule has 2 aromatic carbocycles. The smallest absolute Gasteiger partial charge is 0.356 e. The number of ether oxygens (including phenoxy) is 1. The Morgan fingerprint density at radius 1 is 1.00 bits per heavy atom. The normalized spacial score (nSPS) is 11.1. The number of nitrogens with one attached hydrogen (secondary N) is 1. The lowest BCUT2D eigenvalue weighted by molar-refractivity contribution is 0.0519. The molecule has 4 heteroatoms. The van der Waals surface area contributed by atoms with Gasteiger partial charge in [-0.1, -0.05) is 48.5 Å². The fraction of sp³-hybridized carbons (Fsp3) is 0.182. The minimum atomic E-state index is -0.374. The first-order valence-corrected chi connectivity index (χ1v) is 8.87. The quantitative estimate of drug-likeness (QED) is 0.535. The van der Waals surface area contributed by atoms with Gasteiger partial charge in [-0.15, -0.1) is 0 Å². The molecule has 0 unspecified atom stereocenters. The number of fused-ring (bicyclic) bond motifs is 3. The van der Waals surface area contributed by atoms with Crippen molar-refractivity contribution < 1.29 is 9.53 Å². The zero-order valence-electron chi connectivity index (χ0n) is 14.7. The Bertz CT molecular complexity index is 1070. The van der Waals surface area contributed by atoms with E-state index in [9.17, 15) is 4.79 Å². The van der Waals surface area contributed by atoms with Crippen LogP contribution < -0.4 is 0 Å². The number of hydrogen-bond acceptors (Lipinski definition) is 3. The summed E-state index contributed by atoms with van der Waals surface area (Å²) in [6.45, 7) is 2.14. The Morgan fingerprint density at radius 2 is 1.77 bits per heavy atom. The van der Waals surface area contributed by atoms with Crippen LogP contribution in [0, 0.1) is 0 Å². The fourth-order valence-electron chi connectivity index (χ4n) is 3.31. The summed E-state index contributed by atoms with van der Waals surface area (Å²) in [7, 11) is 0. The van der Waals surface area contributed by atoms with Gasteiger partial charge in [0.1, 0.15) is 5.69 Å². The Hall–Kier alpha value is -3.14. The third-order valence-electron chi connectivity index (χ3n) is 4.55. The van der Waals surface area contributed by atoms with Crippen LogP contribution in [-0.2, 0) is 17.6 Å². The van der Waals surface area contributed by atoms with Crippen molar-refractivity contribution in [3.05, 3.63) is 77.6 Å². The molecule has 0 atom stereocenters. The highest BCUT2D eigenvalue weighted by molar-refractivity contribution is 6.09. The molecule has 0 aliphatic rings. The number of aromatic amines is 1. The van der Waals surface area contributed by atoms with E-state index < -0.39 is 0 Å². The van der Waals surface area contributed by atoms with Crippen molar-refractivity contribution in [3.63, 3.8) is 0 Å². The molecule has 2 heterocycles. The predicted octanol–water partition coefficient (Wildman–Crippen LogP) is 4.68. The van der Waals surface area contributed by atoms with Gasteiger partial charge in [0, 0.05) is 16.3 Å². The lowest BCUT2D eigenvalue weighted by Crippen LogP contribution is -2.09. The number of aryl methyl sites for hydroxylation is 2. The topological polar surface area (TPSA) is 55.0 Å². The lowest BCUT2D eigenvalue weighted by Gasteiger charge is -2.07. The van der Waals surface area contributed by atoms with Crippen LogP contribution in [0.4, 0.5) is 0 Å². The second-order valence-corrected chi connectivity index (χ2v) is 6.25. The van der Waals surface area contributed by atoms with E-state index in [2.05, 4.69) is 28.2 Å². The van der Waals surface area contributed by atoms with Crippen molar-refractivity contribution >= 4 is 27.8 Å². The predicted molar refractivity (Wildman–Crippen MR) is 103 cm³/mol. The maximum atomic E-state index is 12.3. The summed E-state index contributed by atoms with van der Waals surface area (Å²) in [6, 6.07) is 20.2. The summed E-state index contributed by atoms with van der Waals surface area (Å²) in [5.74, 6) is -0.374. The summed E-state index contributed by atoms with van der Waals surface area (Å²) in [4.78, 5) is 20.4. The van der Waals surface area contributed by atoms with Gasteiger partial charge < -0.3 is 9.72 Å². The molecule has 0 aliphatic carbocycles. The second-order valence-electron chi connectivity index (χ2n) is 6.25. The summed E-state index contributed by atoms with van der Waals surface area (Å²) >= 11 is 0. The Balaban J connectivity index is 1.81. The first-order valence-electron chi connectivity index (χ1n) is 8.87. The summed E-state index contributed by atoms with van der Waals surface area (Å²) in [6.07, 6.45) is 1.62. The minimum Gasteiger partial charge on any atom is -0.461 e. The van der Waals surface area contributed by atoms with E-state index in [-0.39, 0.29) is 5.97 Å². The maximum Gasteiger partial charge on any atom is 0.356 e. The summed E-state index contributed by atoms with van der Waals surface area (Å²) in [5, 5.41) is 2.11. The van der Waals surface area contributed by atoms with Crippen molar-refractivity contribution in [2.24, 2.45) is 0 Å². The number of esters is 1. The van der Waals surface area contributed by atoms with E-state index in [0.29, 0.717) is 12.3 Å². The van der Waals surface area contributed by atoms with E-state index in [1.807, 2.05) is 42.5 Å². The zero-order valence-corrected chi connectivity index (χ0v) is 14.7. The maximum absolute atomic E-state index is 12.3. The van der Waals surface area contributed by atoms with Crippen LogP contribution in [0.1, 0.15) is 28.7 Å². The standard InChI is InChI=1S/C22H20N2O2/c1-2-26-22(25)20-14-17-16-10-6-7-11-18(16)24-21(17)19(23-20)13-12-15-8-4-3-5-9-15/h3-11,14,24H,2,12-13H2,1H3. The molecule has 1 N–H and O–H groups in total. The largest absolute Gasteiger partial charge is 0.461 e. The number of para-hydroxylation sites is 1. The molecular weight excluding hydrogens is 324 g/mol. The number of hydrogen-bond donors (Lipinski definition) is 1. The molecule has 0 radical (unpaired) electrons. The number of pyridine rings is 1. The van der Waals surface area contributed by atoms with Crippen LogP contribution in [0.25, 0.3) is 21.8 Å². The lowest BCUT2D eigenvalue weighted by atomic mass is 10.1. The van der Waals surface area contributed by atoms with Crippen molar-refractivity contribution in [3.8, 4) is 0 Å². The highest BCUT2D eigenvalue weighted by atomic mass is 16.5. The van der Waals surface area contributed by atoms with Crippen molar-refractivity contribution in [2.75, 3.05) is 6.61 Å². The molecule has 2 aromatic heterocycles. The molecule has 26 heavy (non-hydrogen) atoms. The van der Waals surface area contributed by atoms with Crippen molar-refractivity contribution in [1.82, 2.24) is 9.97 Å². The zero-order chi connectivity index (χ0) is 17.9. The number of carbonyl (C=O) groups is 1. The molecule has 4 aromatic rings. The Labute approximate surface area is 151 Å². The van der Waals surface area contributed by atoms with Crippen molar-refractivity contribution in [1.29, 1.82) is 0 Å². The van der Waals surface area contributed by atoms with E-state index in [1.54, 1.807) is 6.92 Å². The second kappa shape index (κ2) is 7.00. The van der Waals surface area contributed by atoms with E-state index in [0.717, 1.165) is 40.3 Å². The van der Waals surface area contributed by atoms with Crippen LogP contribution in [0.5, 0.6) is 0 Å². The molecule has 4 nitrogen and oxygen atoms in total. The highest BCUT2D eigenvalue weighted by Gasteiger charge is 2.16. The average molecular weight is 344 g/mol. The van der Waals surface area contributed by atoms with Crippen LogP contribution in [0.2, 0.25) is 0 Å². The third-order valence-corrected chi connectivity index (χ3v) is 4.55. The highest BCUT2D eigenvalue weighted by Crippen LogP contribution is 2.28. The first kappa shape index (κ1) is 16.3. The summed E-state index contributed by atoms with van der Waals surface area (Å²) in [5.41, 5.74) is 4.55. The number of nitrogens with zero attached hydrogens (tertiary/aromatic N) is 1. The number of carbonyl (C=O) groups excluding carboxylic acids is 1. The molecule has 0 aliphatic heterocycles. The molecule has 0 saturated heterocycles. The van der Waals surface area contributed by atoms with Crippen LogP contribution >= 0.6 is 0 Å². The van der Waals surface area contributed by atoms with Gasteiger partial charge in [-0.3, -0.25) is 0 Å². The van der Waals surface area contributed by atoms with E-state index in [1.165, 1.54) is 5.56 Å². The van der Waals surface area contributed by atoms with Gasteiger partial charge in [-0.05, 0) is 37.5 Å². The molecule has 0 spiro atoms.